The quantitative estimate of drug-likeness (QED) is 0.637. The van der Waals surface area contributed by atoms with Crippen LogP contribution in [-0.2, 0) is 0 Å². The van der Waals surface area contributed by atoms with E-state index in [0.29, 0.717) is 17.2 Å². The Morgan fingerprint density at radius 2 is 0.929 bits per heavy atom. The van der Waals surface area contributed by atoms with Crippen LogP contribution in [0.1, 0.15) is 22.3 Å². The van der Waals surface area contributed by atoms with E-state index in [1.165, 1.54) is 0 Å². The lowest BCUT2D eigenvalue weighted by Crippen LogP contribution is -1.95. The van der Waals surface area contributed by atoms with Crippen molar-refractivity contribution in [2.24, 2.45) is 0 Å². The normalized spacial score (nSPS) is 9.39. The highest BCUT2D eigenvalue weighted by Crippen LogP contribution is 2.37. The summed E-state index contributed by atoms with van der Waals surface area (Å²) in [6.45, 7) is 0. The van der Waals surface area contributed by atoms with E-state index in [4.69, 9.17) is 14.2 Å². The Labute approximate surface area is 165 Å². The van der Waals surface area contributed by atoms with Gasteiger partial charge in [0.25, 0.3) is 0 Å². The molecule has 0 saturated carbocycles. The molecule has 3 aromatic rings. The molecule has 0 atom stereocenters. The van der Waals surface area contributed by atoms with Gasteiger partial charge in [0.15, 0.2) is 11.5 Å². The lowest BCUT2D eigenvalue weighted by Gasteiger charge is -2.12. The van der Waals surface area contributed by atoms with Gasteiger partial charge >= 0.3 is 0 Å². The lowest BCUT2D eigenvalue weighted by atomic mass is 10.1. The van der Waals surface area contributed by atoms with Crippen LogP contribution < -0.4 is 14.2 Å². The first kappa shape index (κ1) is 19.0. The monoisotopic (exact) mass is 368 g/mol. The molecule has 0 amide bonds. The molecule has 3 aromatic carbocycles. The predicted octanol–water partition coefficient (Wildman–Crippen LogP) is 4.51. The van der Waals surface area contributed by atoms with Crippen LogP contribution in [0.5, 0.6) is 17.2 Å². The summed E-state index contributed by atoms with van der Waals surface area (Å²) in [5, 5.41) is 0. The van der Waals surface area contributed by atoms with Crippen LogP contribution in [0.2, 0.25) is 0 Å². The highest BCUT2D eigenvalue weighted by Gasteiger charge is 2.12. The Hall–Kier alpha value is -3.82. The number of benzene rings is 3. The van der Waals surface area contributed by atoms with E-state index in [1.807, 2.05) is 66.7 Å². The van der Waals surface area contributed by atoms with Crippen molar-refractivity contribution in [3.05, 3.63) is 89.0 Å². The summed E-state index contributed by atoms with van der Waals surface area (Å²) < 4.78 is 16.1. The lowest BCUT2D eigenvalue weighted by molar-refractivity contribution is 0.324. The van der Waals surface area contributed by atoms with Crippen LogP contribution in [0.3, 0.4) is 0 Å². The number of hydrogen-bond donors (Lipinski definition) is 0. The SMILES string of the molecule is COc1cc(C#Cc2ccc(C#Cc3ccccc3)cc2)cc(OC)c1OC. The fourth-order valence-electron chi connectivity index (χ4n) is 2.60. The first-order valence-corrected chi connectivity index (χ1v) is 8.72. The summed E-state index contributed by atoms with van der Waals surface area (Å²) in [6.07, 6.45) is 0. The molecule has 3 heteroatoms. The molecule has 0 saturated heterocycles. The molecule has 0 N–H and O–H groups in total. The summed E-state index contributed by atoms with van der Waals surface area (Å²) in [7, 11) is 4.75. The number of methoxy groups -OCH3 is 3. The molecule has 0 aliphatic rings. The van der Waals surface area contributed by atoms with E-state index in [9.17, 15) is 0 Å². The Bertz CT molecular complexity index is 1040. The van der Waals surface area contributed by atoms with E-state index in [2.05, 4.69) is 23.7 Å². The molecule has 3 rings (SSSR count). The molecule has 0 aliphatic heterocycles. The van der Waals surface area contributed by atoms with Gasteiger partial charge in [-0.1, -0.05) is 41.9 Å². The minimum atomic E-state index is 0.553. The second-order valence-electron chi connectivity index (χ2n) is 5.86. The fraction of sp³-hybridized carbons (Fsp3) is 0.120. The predicted molar refractivity (Wildman–Crippen MR) is 111 cm³/mol. The second kappa shape index (κ2) is 9.21. The van der Waals surface area contributed by atoms with Crippen molar-refractivity contribution in [2.45, 2.75) is 0 Å². The molecule has 0 aliphatic carbocycles. The highest BCUT2D eigenvalue weighted by atomic mass is 16.5. The van der Waals surface area contributed by atoms with Crippen molar-refractivity contribution in [1.29, 1.82) is 0 Å². The summed E-state index contributed by atoms with van der Waals surface area (Å²) >= 11 is 0. The van der Waals surface area contributed by atoms with Gasteiger partial charge in [0, 0.05) is 22.3 Å². The number of rotatable bonds is 3. The second-order valence-corrected chi connectivity index (χ2v) is 5.86. The van der Waals surface area contributed by atoms with Crippen LogP contribution in [0.4, 0.5) is 0 Å². The molecular formula is C25H20O3. The fourth-order valence-corrected chi connectivity index (χ4v) is 2.60. The number of ether oxygens (including phenoxy) is 3. The third kappa shape index (κ3) is 4.67. The minimum Gasteiger partial charge on any atom is -0.493 e. The average Bonchev–Trinajstić information content (AvgIpc) is 2.76. The van der Waals surface area contributed by atoms with E-state index in [1.54, 1.807) is 21.3 Å². The molecule has 138 valence electrons. The Kier molecular flexibility index (Phi) is 6.24. The summed E-state index contributed by atoms with van der Waals surface area (Å²) in [5.41, 5.74) is 3.62. The van der Waals surface area contributed by atoms with Crippen molar-refractivity contribution in [3.63, 3.8) is 0 Å². The van der Waals surface area contributed by atoms with Crippen molar-refractivity contribution in [3.8, 4) is 40.9 Å². The van der Waals surface area contributed by atoms with E-state index in [-0.39, 0.29) is 0 Å². The van der Waals surface area contributed by atoms with Crippen molar-refractivity contribution in [1.82, 2.24) is 0 Å². The first-order valence-electron chi connectivity index (χ1n) is 8.72. The van der Waals surface area contributed by atoms with Crippen LogP contribution in [0, 0.1) is 23.7 Å². The largest absolute Gasteiger partial charge is 0.493 e. The van der Waals surface area contributed by atoms with Gasteiger partial charge in [-0.25, -0.2) is 0 Å². The zero-order valence-electron chi connectivity index (χ0n) is 16.1. The maximum atomic E-state index is 5.36. The van der Waals surface area contributed by atoms with Gasteiger partial charge in [0.1, 0.15) is 0 Å². The maximum absolute atomic E-state index is 5.36. The van der Waals surface area contributed by atoms with Crippen LogP contribution in [0.15, 0.2) is 66.7 Å². The Balaban J connectivity index is 1.80. The molecule has 0 heterocycles. The van der Waals surface area contributed by atoms with Gasteiger partial charge in [-0.3, -0.25) is 0 Å². The molecule has 0 radical (unpaired) electrons. The Morgan fingerprint density at radius 3 is 1.36 bits per heavy atom. The smallest absolute Gasteiger partial charge is 0.203 e. The Morgan fingerprint density at radius 1 is 0.500 bits per heavy atom. The molecule has 0 unspecified atom stereocenters. The van der Waals surface area contributed by atoms with Gasteiger partial charge < -0.3 is 14.2 Å². The topological polar surface area (TPSA) is 27.7 Å². The summed E-state index contributed by atoms with van der Waals surface area (Å²) in [5.74, 6) is 14.3. The summed E-state index contributed by atoms with van der Waals surface area (Å²) in [4.78, 5) is 0. The van der Waals surface area contributed by atoms with Crippen molar-refractivity contribution in [2.75, 3.05) is 21.3 Å². The molecule has 0 fully saturated rings. The first-order chi connectivity index (χ1) is 13.7. The molecular weight excluding hydrogens is 348 g/mol. The zero-order valence-corrected chi connectivity index (χ0v) is 16.1. The molecule has 28 heavy (non-hydrogen) atoms. The minimum absolute atomic E-state index is 0.553. The van der Waals surface area contributed by atoms with Crippen LogP contribution in [0.25, 0.3) is 0 Å². The van der Waals surface area contributed by atoms with Crippen molar-refractivity contribution >= 4 is 0 Å². The standard InChI is InChI=1S/C25H20O3/c1-26-23-17-22(18-24(27-2)25(23)28-3)16-15-21-13-11-20(12-14-21)10-9-19-7-5-4-6-8-19/h4-8,11-14,17-18H,1-3H3. The van der Waals surface area contributed by atoms with E-state index < -0.39 is 0 Å². The third-order valence-electron chi connectivity index (χ3n) is 4.03. The van der Waals surface area contributed by atoms with Gasteiger partial charge in [-0.05, 0) is 48.5 Å². The number of hydrogen-bond acceptors (Lipinski definition) is 3. The zero-order chi connectivity index (χ0) is 19.8. The molecule has 0 aromatic heterocycles. The molecule has 3 nitrogen and oxygen atoms in total. The van der Waals surface area contributed by atoms with Gasteiger partial charge in [-0.15, -0.1) is 0 Å². The average molecular weight is 368 g/mol. The van der Waals surface area contributed by atoms with Gasteiger partial charge in [-0.2, -0.15) is 0 Å². The molecule has 0 bridgehead atoms. The van der Waals surface area contributed by atoms with E-state index in [0.717, 1.165) is 22.3 Å². The van der Waals surface area contributed by atoms with E-state index >= 15 is 0 Å². The summed E-state index contributed by atoms with van der Waals surface area (Å²) in [6, 6.07) is 21.4. The van der Waals surface area contributed by atoms with Gasteiger partial charge in [0.05, 0.1) is 21.3 Å². The maximum Gasteiger partial charge on any atom is 0.203 e. The highest BCUT2D eigenvalue weighted by molar-refractivity contribution is 5.58. The third-order valence-corrected chi connectivity index (χ3v) is 4.03. The van der Waals surface area contributed by atoms with Crippen LogP contribution >= 0.6 is 0 Å². The molecule has 0 spiro atoms. The van der Waals surface area contributed by atoms with Crippen LogP contribution in [-0.4, -0.2) is 21.3 Å². The van der Waals surface area contributed by atoms with Gasteiger partial charge in [0.2, 0.25) is 5.75 Å². The van der Waals surface area contributed by atoms with Crippen molar-refractivity contribution < 1.29 is 14.2 Å².